The van der Waals surface area contributed by atoms with E-state index in [1.54, 1.807) is 27.7 Å². The molecule has 0 rings (SSSR count). The maximum absolute atomic E-state index is 11.7. The van der Waals surface area contributed by atoms with Crippen LogP contribution in [0.4, 0.5) is 0 Å². The molecule has 0 N–H and O–H groups in total. The summed E-state index contributed by atoms with van der Waals surface area (Å²) in [6.45, 7) is 13.7. The number of carbonyl (C=O) groups is 2. The van der Waals surface area contributed by atoms with Gasteiger partial charge in [0.25, 0.3) is 0 Å². The lowest BCUT2D eigenvalue weighted by molar-refractivity contribution is -0.163. The normalized spacial score (nSPS) is 13.4. The van der Waals surface area contributed by atoms with Crippen LogP contribution in [-0.4, -0.2) is 24.6 Å². The van der Waals surface area contributed by atoms with E-state index in [0.717, 1.165) is 6.42 Å². The van der Waals surface area contributed by atoms with E-state index in [1.165, 1.54) is 0 Å². The second-order valence-corrected chi connectivity index (χ2v) is 7.10. The van der Waals surface area contributed by atoms with E-state index in [0.29, 0.717) is 6.42 Å². The zero-order valence-electron chi connectivity index (χ0n) is 14.0. The standard InChI is InChI=1S/C16H30O4/c1-11(2)14(17)19-10-13(8-9-16(5,6)7)20-15(18)12(3)4/h11-13H,8-10H2,1-7H3. The molecule has 1 unspecified atom stereocenters. The molecule has 0 aliphatic heterocycles. The molecule has 0 saturated carbocycles. The molecule has 118 valence electrons. The summed E-state index contributed by atoms with van der Waals surface area (Å²) in [5.74, 6) is -0.845. The van der Waals surface area contributed by atoms with Crippen molar-refractivity contribution in [1.29, 1.82) is 0 Å². The molecule has 4 heteroatoms. The molecule has 0 aliphatic carbocycles. The summed E-state index contributed by atoms with van der Waals surface area (Å²) in [4.78, 5) is 23.2. The summed E-state index contributed by atoms with van der Waals surface area (Å²) in [5, 5.41) is 0. The van der Waals surface area contributed by atoms with Crippen LogP contribution in [0, 0.1) is 17.3 Å². The molecule has 0 bridgehead atoms. The lowest BCUT2D eigenvalue weighted by Crippen LogP contribution is -2.29. The van der Waals surface area contributed by atoms with Crippen LogP contribution in [0.2, 0.25) is 0 Å². The molecule has 0 heterocycles. The summed E-state index contributed by atoms with van der Waals surface area (Å²) >= 11 is 0. The third-order valence-corrected chi connectivity index (χ3v) is 2.85. The van der Waals surface area contributed by atoms with Crippen LogP contribution in [-0.2, 0) is 19.1 Å². The van der Waals surface area contributed by atoms with Gasteiger partial charge in [-0.15, -0.1) is 0 Å². The molecule has 0 aromatic heterocycles. The van der Waals surface area contributed by atoms with Gasteiger partial charge in [-0.2, -0.15) is 0 Å². The molecule has 0 aliphatic rings. The molecule has 4 nitrogen and oxygen atoms in total. The van der Waals surface area contributed by atoms with Gasteiger partial charge >= 0.3 is 11.9 Å². The number of rotatable bonds is 7. The van der Waals surface area contributed by atoms with Gasteiger partial charge in [0.15, 0.2) is 0 Å². The average molecular weight is 286 g/mol. The minimum Gasteiger partial charge on any atom is -0.462 e. The first kappa shape index (κ1) is 18.9. The number of esters is 2. The van der Waals surface area contributed by atoms with Crippen LogP contribution >= 0.6 is 0 Å². The summed E-state index contributed by atoms with van der Waals surface area (Å²) in [6, 6.07) is 0. The van der Waals surface area contributed by atoms with Gasteiger partial charge in [-0.05, 0) is 18.3 Å². The minimum atomic E-state index is -0.355. The summed E-state index contributed by atoms with van der Waals surface area (Å²) in [5.41, 5.74) is 0.157. The molecule has 0 spiro atoms. The SMILES string of the molecule is CC(C)C(=O)OCC(CCC(C)(C)C)OC(=O)C(C)C. The number of hydrogen-bond donors (Lipinski definition) is 0. The van der Waals surface area contributed by atoms with E-state index in [4.69, 9.17) is 9.47 Å². The minimum absolute atomic E-state index is 0.144. The van der Waals surface area contributed by atoms with E-state index in [1.807, 2.05) is 0 Å². The van der Waals surface area contributed by atoms with Crippen molar-refractivity contribution in [2.45, 2.75) is 67.4 Å². The first-order chi connectivity index (χ1) is 9.03. The molecular weight excluding hydrogens is 256 g/mol. The van der Waals surface area contributed by atoms with Crippen LogP contribution in [0.15, 0.2) is 0 Å². The second kappa shape index (κ2) is 8.28. The molecule has 0 aromatic rings. The van der Waals surface area contributed by atoms with Crippen LogP contribution in [0.25, 0.3) is 0 Å². The predicted octanol–water partition coefficient (Wildman–Crippen LogP) is 3.58. The average Bonchev–Trinajstić information content (AvgIpc) is 2.30. The highest BCUT2D eigenvalue weighted by Gasteiger charge is 2.22. The van der Waals surface area contributed by atoms with Crippen molar-refractivity contribution >= 4 is 11.9 Å². The van der Waals surface area contributed by atoms with Gasteiger partial charge < -0.3 is 9.47 Å². The number of hydrogen-bond acceptors (Lipinski definition) is 4. The second-order valence-electron chi connectivity index (χ2n) is 7.10. The quantitative estimate of drug-likeness (QED) is 0.671. The lowest BCUT2D eigenvalue weighted by Gasteiger charge is -2.24. The van der Waals surface area contributed by atoms with Gasteiger partial charge in [-0.3, -0.25) is 9.59 Å². The van der Waals surface area contributed by atoms with Gasteiger partial charge in [0.2, 0.25) is 0 Å². The summed E-state index contributed by atoms with van der Waals surface area (Å²) in [7, 11) is 0. The van der Waals surface area contributed by atoms with E-state index >= 15 is 0 Å². The Hall–Kier alpha value is -1.06. The largest absolute Gasteiger partial charge is 0.462 e. The van der Waals surface area contributed by atoms with E-state index in [-0.39, 0.29) is 41.9 Å². The maximum atomic E-state index is 11.7. The van der Waals surface area contributed by atoms with Crippen molar-refractivity contribution in [2.75, 3.05) is 6.61 Å². The smallest absolute Gasteiger partial charge is 0.308 e. The number of ether oxygens (including phenoxy) is 2. The Kier molecular flexibility index (Phi) is 7.84. The molecule has 0 fully saturated rings. The molecule has 0 radical (unpaired) electrons. The summed E-state index contributed by atoms with van der Waals surface area (Å²) in [6.07, 6.45) is 1.25. The third-order valence-electron chi connectivity index (χ3n) is 2.85. The zero-order chi connectivity index (χ0) is 15.9. The molecule has 20 heavy (non-hydrogen) atoms. The van der Waals surface area contributed by atoms with E-state index in [9.17, 15) is 9.59 Å². The topological polar surface area (TPSA) is 52.6 Å². The Morgan fingerprint density at radius 3 is 1.85 bits per heavy atom. The highest BCUT2D eigenvalue weighted by atomic mass is 16.6. The first-order valence-electron chi connectivity index (χ1n) is 7.40. The molecule has 1 atom stereocenters. The van der Waals surface area contributed by atoms with Crippen LogP contribution in [0.1, 0.15) is 61.3 Å². The monoisotopic (exact) mass is 286 g/mol. The van der Waals surface area contributed by atoms with Crippen molar-refractivity contribution in [1.82, 2.24) is 0 Å². The fraction of sp³-hybridized carbons (Fsp3) is 0.875. The first-order valence-corrected chi connectivity index (χ1v) is 7.40. The Morgan fingerprint density at radius 1 is 0.950 bits per heavy atom. The summed E-state index contributed by atoms with van der Waals surface area (Å²) < 4.78 is 10.6. The molecule has 0 saturated heterocycles. The fourth-order valence-electron chi connectivity index (χ4n) is 1.41. The van der Waals surface area contributed by atoms with Gasteiger partial charge in [-0.1, -0.05) is 48.5 Å². The maximum Gasteiger partial charge on any atom is 0.308 e. The van der Waals surface area contributed by atoms with Crippen LogP contribution < -0.4 is 0 Å². The zero-order valence-corrected chi connectivity index (χ0v) is 14.0. The van der Waals surface area contributed by atoms with Gasteiger partial charge in [0.1, 0.15) is 12.7 Å². The van der Waals surface area contributed by atoms with Crippen molar-refractivity contribution in [3.05, 3.63) is 0 Å². The van der Waals surface area contributed by atoms with Crippen molar-refractivity contribution in [3.63, 3.8) is 0 Å². The number of carbonyl (C=O) groups excluding carboxylic acids is 2. The van der Waals surface area contributed by atoms with Gasteiger partial charge in [-0.25, -0.2) is 0 Å². The van der Waals surface area contributed by atoms with Gasteiger partial charge in [0.05, 0.1) is 11.8 Å². The molecular formula is C16H30O4. The Labute approximate surface area is 123 Å². The Morgan fingerprint density at radius 2 is 1.45 bits per heavy atom. The molecule has 0 amide bonds. The van der Waals surface area contributed by atoms with E-state index < -0.39 is 0 Å². The van der Waals surface area contributed by atoms with Crippen LogP contribution in [0.3, 0.4) is 0 Å². The fourth-order valence-corrected chi connectivity index (χ4v) is 1.41. The predicted molar refractivity (Wildman–Crippen MR) is 79.2 cm³/mol. The third kappa shape index (κ3) is 8.94. The van der Waals surface area contributed by atoms with Gasteiger partial charge in [0, 0.05) is 0 Å². The Balaban J connectivity index is 4.46. The van der Waals surface area contributed by atoms with Crippen LogP contribution in [0.5, 0.6) is 0 Å². The highest BCUT2D eigenvalue weighted by molar-refractivity contribution is 5.72. The van der Waals surface area contributed by atoms with Crippen molar-refractivity contribution < 1.29 is 19.1 Å². The molecule has 0 aromatic carbocycles. The highest BCUT2D eigenvalue weighted by Crippen LogP contribution is 2.23. The van der Waals surface area contributed by atoms with Crippen molar-refractivity contribution in [3.8, 4) is 0 Å². The lowest BCUT2D eigenvalue weighted by atomic mass is 9.89. The van der Waals surface area contributed by atoms with E-state index in [2.05, 4.69) is 20.8 Å². The van der Waals surface area contributed by atoms with Crippen molar-refractivity contribution in [2.24, 2.45) is 17.3 Å². The Bertz CT molecular complexity index is 313.